The Bertz CT molecular complexity index is 1240. The van der Waals surface area contributed by atoms with E-state index in [1.165, 1.54) is 0 Å². The van der Waals surface area contributed by atoms with Crippen LogP contribution in [0.3, 0.4) is 0 Å². The first kappa shape index (κ1) is 16.8. The molecule has 28 heavy (non-hydrogen) atoms. The van der Waals surface area contributed by atoms with Gasteiger partial charge in [-0.15, -0.1) is 0 Å². The Hall–Kier alpha value is -3.34. The van der Waals surface area contributed by atoms with Gasteiger partial charge in [-0.3, -0.25) is 0 Å². The summed E-state index contributed by atoms with van der Waals surface area (Å²) in [6.07, 6.45) is 0. The smallest absolute Gasteiger partial charge is 0.423 e. The fourth-order valence-corrected chi connectivity index (χ4v) is 3.95. The number of aromatic nitrogens is 1. The number of nitrogens with zero attached hydrogens (tertiary/aromatic N) is 1. The monoisotopic (exact) mass is 363 g/mol. The number of para-hydroxylation sites is 2. The Morgan fingerprint density at radius 1 is 0.571 bits per heavy atom. The maximum atomic E-state index is 10.1. The fraction of sp³-hybridized carbons (Fsp3) is 0. The van der Waals surface area contributed by atoms with Crippen molar-refractivity contribution in [1.29, 1.82) is 0 Å². The van der Waals surface area contributed by atoms with Gasteiger partial charge >= 0.3 is 7.12 Å². The molecule has 134 valence electrons. The van der Waals surface area contributed by atoms with Crippen LogP contribution in [0.5, 0.6) is 0 Å². The van der Waals surface area contributed by atoms with Gasteiger partial charge < -0.3 is 14.6 Å². The summed E-state index contributed by atoms with van der Waals surface area (Å²) in [7, 11) is -1.56. The van der Waals surface area contributed by atoms with Crippen LogP contribution < -0.4 is 5.46 Å². The molecule has 5 aromatic rings. The average Bonchev–Trinajstić information content (AvgIpc) is 3.08. The summed E-state index contributed by atoms with van der Waals surface area (Å²) >= 11 is 0. The first-order chi connectivity index (χ1) is 13.7. The molecule has 0 unspecified atom stereocenters. The van der Waals surface area contributed by atoms with Gasteiger partial charge in [-0.1, -0.05) is 78.9 Å². The molecule has 0 aliphatic heterocycles. The summed E-state index contributed by atoms with van der Waals surface area (Å²) in [6, 6.07) is 32.3. The Kier molecular flexibility index (Phi) is 4.01. The summed E-state index contributed by atoms with van der Waals surface area (Å²) in [5, 5.41) is 22.4. The highest BCUT2D eigenvalue weighted by molar-refractivity contribution is 6.60. The lowest BCUT2D eigenvalue weighted by atomic mass is 9.78. The zero-order chi connectivity index (χ0) is 19.1. The van der Waals surface area contributed by atoms with Crippen LogP contribution in [0.1, 0.15) is 0 Å². The van der Waals surface area contributed by atoms with Crippen LogP contribution in [-0.4, -0.2) is 21.7 Å². The minimum absolute atomic E-state index is 0.478. The van der Waals surface area contributed by atoms with E-state index in [0.29, 0.717) is 5.46 Å². The molecule has 3 nitrogen and oxygen atoms in total. The number of benzene rings is 4. The summed E-state index contributed by atoms with van der Waals surface area (Å²) < 4.78 is 2.12. The average molecular weight is 363 g/mol. The van der Waals surface area contributed by atoms with E-state index < -0.39 is 7.12 Å². The van der Waals surface area contributed by atoms with E-state index in [1.807, 2.05) is 54.6 Å². The van der Waals surface area contributed by atoms with E-state index in [0.717, 1.165) is 38.6 Å². The molecule has 4 heteroatoms. The SMILES string of the molecule is OB(O)c1ccc(-c2ccccc2)cc1-n1c2ccccc2c2ccccc21. The van der Waals surface area contributed by atoms with Gasteiger partial charge in [-0.2, -0.15) is 0 Å². The molecule has 2 N–H and O–H groups in total. The van der Waals surface area contributed by atoms with Crippen LogP contribution >= 0.6 is 0 Å². The molecule has 0 radical (unpaired) electrons. The molecule has 0 saturated carbocycles. The predicted molar refractivity (Wildman–Crippen MR) is 116 cm³/mol. The van der Waals surface area contributed by atoms with Crippen molar-refractivity contribution in [3.63, 3.8) is 0 Å². The Morgan fingerprint density at radius 3 is 1.75 bits per heavy atom. The van der Waals surface area contributed by atoms with Crippen LogP contribution in [0.15, 0.2) is 97.1 Å². The minimum Gasteiger partial charge on any atom is -0.423 e. The molecule has 0 fully saturated rings. The second-order valence-corrected chi connectivity index (χ2v) is 6.88. The molecule has 1 heterocycles. The fourth-order valence-electron chi connectivity index (χ4n) is 3.95. The minimum atomic E-state index is -1.56. The Balaban J connectivity index is 1.88. The number of hydrogen-bond acceptors (Lipinski definition) is 2. The number of rotatable bonds is 3. The van der Waals surface area contributed by atoms with Crippen molar-refractivity contribution in [3.05, 3.63) is 97.1 Å². The topological polar surface area (TPSA) is 45.4 Å². The molecule has 0 aliphatic rings. The van der Waals surface area contributed by atoms with E-state index in [9.17, 15) is 10.0 Å². The van der Waals surface area contributed by atoms with Gasteiger partial charge in [0.2, 0.25) is 0 Å². The van der Waals surface area contributed by atoms with Crippen LogP contribution in [0, 0.1) is 0 Å². The molecule has 4 aromatic carbocycles. The van der Waals surface area contributed by atoms with Crippen molar-refractivity contribution in [1.82, 2.24) is 4.57 Å². The predicted octanol–water partition coefficient (Wildman–Crippen LogP) is 4.13. The number of fused-ring (bicyclic) bond motifs is 3. The highest BCUT2D eigenvalue weighted by atomic mass is 16.4. The summed E-state index contributed by atoms with van der Waals surface area (Å²) in [5.74, 6) is 0. The lowest BCUT2D eigenvalue weighted by molar-refractivity contribution is 0.425. The van der Waals surface area contributed by atoms with Crippen LogP contribution in [0.25, 0.3) is 38.6 Å². The van der Waals surface area contributed by atoms with E-state index in [-0.39, 0.29) is 0 Å². The molecular formula is C24H18BNO2. The molecule has 0 aliphatic carbocycles. The van der Waals surface area contributed by atoms with Gasteiger partial charge in [0.1, 0.15) is 0 Å². The van der Waals surface area contributed by atoms with Gasteiger partial charge in [0.05, 0.1) is 11.0 Å². The summed E-state index contributed by atoms with van der Waals surface area (Å²) in [6.45, 7) is 0. The summed E-state index contributed by atoms with van der Waals surface area (Å²) in [4.78, 5) is 0. The molecule has 0 saturated heterocycles. The third-order valence-electron chi connectivity index (χ3n) is 5.24. The lowest BCUT2D eigenvalue weighted by Gasteiger charge is -2.15. The van der Waals surface area contributed by atoms with Gasteiger partial charge in [0, 0.05) is 21.9 Å². The second kappa shape index (κ2) is 6.68. The normalized spacial score (nSPS) is 11.2. The van der Waals surface area contributed by atoms with Crippen molar-refractivity contribution >= 4 is 34.4 Å². The largest absolute Gasteiger partial charge is 0.490 e. The maximum absolute atomic E-state index is 10.1. The van der Waals surface area contributed by atoms with E-state index in [1.54, 1.807) is 6.07 Å². The first-order valence-corrected chi connectivity index (χ1v) is 9.28. The molecular weight excluding hydrogens is 345 g/mol. The summed E-state index contributed by atoms with van der Waals surface area (Å²) in [5.41, 5.74) is 5.44. The van der Waals surface area contributed by atoms with Crippen molar-refractivity contribution in [3.8, 4) is 16.8 Å². The highest BCUT2D eigenvalue weighted by Crippen LogP contribution is 2.32. The van der Waals surface area contributed by atoms with Crippen molar-refractivity contribution in [2.45, 2.75) is 0 Å². The lowest BCUT2D eigenvalue weighted by Crippen LogP contribution is -2.33. The van der Waals surface area contributed by atoms with Crippen LogP contribution in [-0.2, 0) is 0 Å². The van der Waals surface area contributed by atoms with Crippen LogP contribution in [0.2, 0.25) is 0 Å². The Morgan fingerprint density at radius 2 is 1.14 bits per heavy atom. The van der Waals surface area contributed by atoms with Gasteiger partial charge in [0.15, 0.2) is 0 Å². The first-order valence-electron chi connectivity index (χ1n) is 9.28. The van der Waals surface area contributed by atoms with Crippen molar-refractivity contribution in [2.24, 2.45) is 0 Å². The molecule has 0 spiro atoms. The zero-order valence-corrected chi connectivity index (χ0v) is 15.2. The molecule has 0 bridgehead atoms. The van der Waals surface area contributed by atoms with Gasteiger partial charge in [-0.25, -0.2) is 0 Å². The molecule has 5 rings (SSSR count). The van der Waals surface area contributed by atoms with Crippen molar-refractivity contribution in [2.75, 3.05) is 0 Å². The van der Waals surface area contributed by atoms with Crippen molar-refractivity contribution < 1.29 is 10.0 Å². The van der Waals surface area contributed by atoms with Gasteiger partial charge in [0.25, 0.3) is 0 Å². The van der Waals surface area contributed by atoms with E-state index in [4.69, 9.17) is 0 Å². The maximum Gasteiger partial charge on any atom is 0.490 e. The molecule has 1 aromatic heterocycles. The quantitative estimate of drug-likeness (QED) is 0.474. The zero-order valence-electron chi connectivity index (χ0n) is 15.2. The van der Waals surface area contributed by atoms with E-state index >= 15 is 0 Å². The van der Waals surface area contributed by atoms with E-state index in [2.05, 4.69) is 41.0 Å². The highest BCUT2D eigenvalue weighted by Gasteiger charge is 2.21. The van der Waals surface area contributed by atoms with Crippen LogP contribution in [0.4, 0.5) is 0 Å². The third-order valence-corrected chi connectivity index (χ3v) is 5.24. The Labute approximate surface area is 163 Å². The molecule has 0 amide bonds. The second-order valence-electron chi connectivity index (χ2n) is 6.88. The third kappa shape index (κ3) is 2.62. The van der Waals surface area contributed by atoms with Gasteiger partial charge in [-0.05, 0) is 29.3 Å². The number of hydrogen-bond donors (Lipinski definition) is 2. The standard InChI is InChI=1S/C24H18BNO2/c27-25(28)21-15-14-18(17-8-2-1-3-9-17)16-24(21)26-22-12-6-4-10-19(22)20-11-5-7-13-23(20)26/h1-16,27-28H. The molecule has 0 atom stereocenters.